The van der Waals surface area contributed by atoms with Crippen LogP contribution in [0.1, 0.15) is 77.6 Å². The predicted molar refractivity (Wildman–Crippen MR) is 94.9 cm³/mol. The summed E-state index contributed by atoms with van der Waals surface area (Å²) >= 11 is 3.90. The fourth-order valence-electron chi connectivity index (χ4n) is 2.30. The molecular weight excluding hydrogens is 314 g/mol. The SMILES string of the molecule is CCC(=O)CCCCCCCCCCC(=O)N[C@@H](CS)C(=O)O. The van der Waals surface area contributed by atoms with E-state index in [0.29, 0.717) is 18.6 Å². The van der Waals surface area contributed by atoms with Crippen LogP contribution in [0.4, 0.5) is 0 Å². The molecule has 23 heavy (non-hydrogen) atoms. The average molecular weight is 346 g/mol. The Hall–Kier alpha value is -1.04. The summed E-state index contributed by atoms with van der Waals surface area (Å²) in [6.07, 6.45) is 10.2. The van der Waals surface area contributed by atoms with E-state index in [0.717, 1.165) is 44.9 Å². The third-order valence-corrected chi connectivity index (χ3v) is 4.18. The molecule has 0 radical (unpaired) electrons. The Labute approximate surface area is 145 Å². The van der Waals surface area contributed by atoms with Crippen molar-refractivity contribution in [1.29, 1.82) is 0 Å². The van der Waals surface area contributed by atoms with Gasteiger partial charge in [0.25, 0.3) is 0 Å². The number of aliphatic carboxylic acids is 1. The molecule has 5 nitrogen and oxygen atoms in total. The van der Waals surface area contributed by atoms with Gasteiger partial charge >= 0.3 is 5.97 Å². The molecule has 2 N–H and O–H groups in total. The number of thiol groups is 1. The minimum Gasteiger partial charge on any atom is -0.480 e. The van der Waals surface area contributed by atoms with E-state index in [2.05, 4.69) is 17.9 Å². The second-order valence-electron chi connectivity index (χ2n) is 5.86. The summed E-state index contributed by atoms with van der Waals surface area (Å²) in [4.78, 5) is 33.5. The first kappa shape index (κ1) is 22.0. The van der Waals surface area contributed by atoms with E-state index >= 15 is 0 Å². The van der Waals surface area contributed by atoms with Crippen molar-refractivity contribution in [2.45, 2.75) is 83.6 Å². The van der Waals surface area contributed by atoms with Gasteiger partial charge in [-0.1, -0.05) is 45.4 Å². The Morgan fingerprint density at radius 3 is 1.83 bits per heavy atom. The maximum atomic E-state index is 11.6. The van der Waals surface area contributed by atoms with E-state index in [1.54, 1.807) is 0 Å². The Balaban J connectivity index is 3.40. The third kappa shape index (κ3) is 13.1. The number of carbonyl (C=O) groups is 3. The van der Waals surface area contributed by atoms with Gasteiger partial charge in [-0.2, -0.15) is 12.6 Å². The number of amides is 1. The third-order valence-electron chi connectivity index (χ3n) is 3.82. The Morgan fingerprint density at radius 1 is 0.913 bits per heavy atom. The molecule has 0 aromatic carbocycles. The van der Waals surface area contributed by atoms with Crippen LogP contribution in [0, 0.1) is 0 Å². The molecule has 0 saturated carbocycles. The van der Waals surface area contributed by atoms with Gasteiger partial charge in [0, 0.05) is 25.0 Å². The molecule has 134 valence electrons. The lowest BCUT2D eigenvalue weighted by molar-refractivity contribution is -0.141. The first-order valence-electron chi connectivity index (χ1n) is 8.66. The Kier molecular flexibility index (Phi) is 13.9. The van der Waals surface area contributed by atoms with E-state index in [9.17, 15) is 14.4 Å². The zero-order chi connectivity index (χ0) is 17.5. The maximum Gasteiger partial charge on any atom is 0.327 e. The maximum absolute atomic E-state index is 11.6. The molecule has 6 heteroatoms. The highest BCUT2D eigenvalue weighted by Crippen LogP contribution is 2.11. The number of carbonyl (C=O) groups excluding carboxylic acids is 2. The second-order valence-corrected chi connectivity index (χ2v) is 6.23. The number of rotatable bonds is 15. The number of nitrogens with one attached hydrogen (secondary N) is 1. The largest absolute Gasteiger partial charge is 0.480 e. The zero-order valence-corrected chi connectivity index (χ0v) is 15.1. The summed E-state index contributed by atoms with van der Waals surface area (Å²) in [7, 11) is 0. The van der Waals surface area contributed by atoms with Crippen molar-refractivity contribution >= 4 is 30.3 Å². The van der Waals surface area contributed by atoms with Crippen molar-refractivity contribution in [2.24, 2.45) is 0 Å². The van der Waals surface area contributed by atoms with Crippen molar-refractivity contribution < 1.29 is 19.5 Å². The number of hydrogen-bond donors (Lipinski definition) is 3. The summed E-state index contributed by atoms with van der Waals surface area (Å²) in [6, 6.07) is -0.898. The van der Waals surface area contributed by atoms with E-state index < -0.39 is 12.0 Å². The summed E-state index contributed by atoms with van der Waals surface area (Å²) in [6.45, 7) is 1.91. The minimum absolute atomic E-state index is 0.102. The molecule has 0 rings (SSSR count). The van der Waals surface area contributed by atoms with Crippen LogP contribution >= 0.6 is 12.6 Å². The van der Waals surface area contributed by atoms with Gasteiger partial charge in [-0.3, -0.25) is 9.59 Å². The van der Waals surface area contributed by atoms with Crippen LogP contribution in [0.2, 0.25) is 0 Å². The summed E-state index contributed by atoms with van der Waals surface area (Å²) < 4.78 is 0. The topological polar surface area (TPSA) is 83.5 Å². The molecule has 0 aromatic rings. The number of ketones is 1. The lowest BCUT2D eigenvalue weighted by Gasteiger charge is -2.11. The molecule has 0 aliphatic rings. The molecule has 0 saturated heterocycles. The van der Waals surface area contributed by atoms with E-state index in [1.807, 2.05) is 6.92 Å². The van der Waals surface area contributed by atoms with Crippen LogP contribution in [0.5, 0.6) is 0 Å². The highest BCUT2D eigenvalue weighted by atomic mass is 32.1. The fraction of sp³-hybridized carbons (Fsp3) is 0.824. The minimum atomic E-state index is -1.05. The van der Waals surface area contributed by atoms with Gasteiger partial charge < -0.3 is 10.4 Å². The molecule has 1 atom stereocenters. The number of carboxylic acid groups (broad SMARTS) is 1. The van der Waals surface area contributed by atoms with Crippen molar-refractivity contribution in [2.75, 3.05) is 5.75 Å². The summed E-state index contributed by atoms with van der Waals surface area (Å²) in [5.41, 5.74) is 0. The molecule has 1 amide bonds. The molecule has 0 fully saturated rings. The van der Waals surface area contributed by atoms with Crippen LogP contribution < -0.4 is 5.32 Å². The number of unbranched alkanes of at least 4 members (excludes halogenated alkanes) is 7. The van der Waals surface area contributed by atoms with Crippen molar-refractivity contribution in [3.8, 4) is 0 Å². The Bertz CT molecular complexity index is 361. The van der Waals surface area contributed by atoms with Crippen LogP contribution in [0.3, 0.4) is 0 Å². The van der Waals surface area contributed by atoms with Gasteiger partial charge in [-0.25, -0.2) is 4.79 Å². The van der Waals surface area contributed by atoms with Gasteiger partial charge in [0.15, 0.2) is 0 Å². The molecule has 0 aliphatic carbocycles. The van der Waals surface area contributed by atoms with Crippen molar-refractivity contribution in [3.05, 3.63) is 0 Å². The summed E-state index contributed by atoms with van der Waals surface area (Å²) in [5.74, 6) is -0.808. The van der Waals surface area contributed by atoms with Crippen LogP contribution in [-0.2, 0) is 14.4 Å². The first-order valence-corrected chi connectivity index (χ1v) is 9.29. The van der Waals surface area contributed by atoms with Crippen LogP contribution in [0.15, 0.2) is 0 Å². The van der Waals surface area contributed by atoms with Crippen LogP contribution in [-0.4, -0.2) is 34.6 Å². The highest BCUT2D eigenvalue weighted by Gasteiger charge is 2.17. The van der Waals surface area contributed by atoms with Crippen LogP contribution in [0.25, 0.3) is 0 Å². The van der Waals surface area contributed by atoms with Gasteiger partial charge in [-0.05, 0) is 12.8 Å². The lowest BCUT2D eigenvalue weighted by atomic mass is 10.0. The Morgan fingerprint density at radius 2 is 1.39 bits per heavy atom. The van der Waals surface area contributed by atoms with Crippen molar-refractivity contribution in [3.63, 3.8) is 0 Å². The highest BCUT2D eigenvalue weighted by molar-refractivity contribution is 7.80. The monoisotopic (exact) mass is 345 g/mol. The van der Waals surface area contributed by atoms with E-state index in [-0.39, 0.29) is 11.7 Å². The standard InChI is InChI=1S/C17H31NO4S/c1-2-14(19)11-9-7-5-3-4-6-8-10-12-16(20)18-15(13-23)17(21)22/h15,23H,2-13H2,1H3,(H,18,20)(H,21,22)/t15-/m0/s1. The normalized spacial score (nSPS) is 11.9. The molecule has 0 unspecified atom stereocenters. The first-order chi connectivity index (χ1) is 11.0. The fourth-order valence-corrected chi connectivity index (χ4v) is 2.54. The summed E-state index contributed by atoms with van der Waals surface area (Å²) in [5, 5.41) is 11.3. The average Bonchev–Trinajstić information content (AvgIpc) is 2.53. The predicted octanol–water partition coefficient (Wildman–Crippen LogP) is 3.37. The molecule has 0 spiro atoms. The van der Waals surface area contributed by atoms with E-state index in [4.69, 9.17) is 5.11 Å². The van der Waals surface area contributed by atoms with Gasteiger partial charge in [-0.15, -0.1) is 0 Å². The number of hydrogen-bond acceptors (Lipinski definition) is 4. The number of carboxylic acids is 1. The lowest BCUT2D eigenvalue weighted by Crippen LogP contribution is -2.42. The molecule has 0 aliphatic heterocycles. The van der Waals surface area contributed by atoms with Gasteiger partial charge in [0.2, 0.25) is 5.91 Å². The quantitative estimate of drug-likeness (QED) is 0.314. The number of Topliss-reactive ketones (excluding diaryl/α,β-unsaturated/α-hetero) is 1. The van der Waals surface area contributed by atoms with Crippen molar-refractivity contribution in [1.82, 2.24) is 5.32 Å². The van der Waals surface area contributed by atoms with E-state index in [1.165, 1.54) is 12.8 Å². The zero-order valence-electron chi connectivity index (χ0n) is 14.2. The molecule has 0 aromatic heterocycles. The smallest absolute Gasteiger partial charge is 0.327 e. The van der Waals surface area contributed by atoms with Gasteiger partial charge in [0.1, 0.15) is 11.8 Å². The van der Waals surface area contributed by atoms with Gasteiger partial charge in [0.05, 0.1) is 0 Å². The second kappa shape index (κ2) is 14.5. The molecule has 0 bridgehead atoms. The molecular formula is C17H31NO4S. The molecule has 0 heterocycles.